The number of Topliss-reactive ketones (excluding diaryl/α,β-unsaturated/α-hetero) is 2. The maximum atomic E-state index is 13.3. The van der Waals surface area contributed by atoms with Gasteiger partial charge >= 0.3 is 11.9 Å². The summed E-state index contributed by atoms with van der Waals surface area (Å²) in [7, 11) is 0. The molecule has 13 nitrogen and oxygen atoms in total. The van der Waals surface area contributed by atoms with E-state index in [1.54, 1.807) is 48.5 Å². The number of amides is 1. The van der Waals surface area contributed by atoms with Crippen LogP contribution in [-0.4, -0.2) is 68.4 Å². The Balaban J connectivity index is 1.96. The minimum Gasteiger partial charge on any atom is -0.461 e. The molecule has 0 unspecified atom stereocenters. The van der Waals surface area contributed by atoms with Gasteiger partial charge in [-0.05, 0) is 30.0 Å². The number of nitrogens with zero attached hydrogens (tertiary/aromatic N) is 3. The Morgan fingerprint density at radius 3 is 1.89 bits per heavy atom. The van der Waals surface area contributed by atoms with Gasteiger partial charge in [0.1, 0.15) is 19.0 Å². The summed E-state index contributed by atoms with van der Waals surface area (Å²) in [4.78, 5) is 66.2. The molecule has 2 aromatic rings. The highest BCUT2D eigenvalue weighted by Crippen LogP contribution is 2.15. The number of esters is 2. The van der Waals surface area contributed by atoms with Gasteiger partial charge < -0.3 is 29.1 Å². The second-order valence-corrected chi connectivity index (χ2v) is 10.1. The standard InChI is InChI=1S/C32H40N4O9/c1-24(37)19-27(20-30(39)44-22-25-9-4-2-5-10-25)32(41)35-28(21-31(40)45-23-26-11-6-3-7-12-26)29(38)13-8-15-42-17-18-43-16-14-34-36-33/h2-7,9-12,27-28H,8,13-23H2,1H3,(H,35,41)/t27-,28+/m0/s1. The smallest absolute Gasteiger partial charge is 0.308 e. The summed E-state index contributed by atoms with van der Waals surface area (Å²) < 4.78 is 21.3. The van der Waals surface area contributed by atoms with Gasteiger partial charge in [-0.25, -0.2) is 0 Å². The average molecular weight is 625 g/mol. The molecule has 242 valence electrons. The summed E-state index contributed by atoms with van der Waals surface area (Å²) in [5.41, 5.74) is 9.76. The zero-order valence-corrected chi connectivity index (χ0v) is 25.4. The first-order chi connectivity index (χ1) is 21.8. The monoisotopic (exact) mass is 624 g/mol. The maximum Gasteiger partial charge on any atom is 0.308 e. The number of hydrogen-bond donors (Lipinski definition) is 1. The van der Waals surface area contributed by atoms with Crippen molar-refractivity contribution in [3.63, 3.8) is 0 Å². The zero-order valence-electron chi connectivity index (χ0n) is 25.4. The van der Waals surface area contributed by atoms with E-state index in [2.05, 4.69) is 15.3 Å². The van der Waals surface area contributed by atoms with Crippen LogP contribution in [0.3, 0.4) is 0 Å². The van der Waals surface area contributed by atoms with Gasteiger partial charge in [0.05, 0.1) is 44.6 Å². The topological polar surface area (TPSA) is 183 Å². The summed E-state index contributed by atoms with van der Waals surface area (Å²) >= 11 is 0. The molecule has 1 amide bonds. The molecule has 2 atom stereocenters. The van der Waals surface area contributed by atoms with Crippen LogP contribution >= 0.6 is 0 Å². The Hall–Kier alpha value is -4.58. The minimum absolute atomic E-state index is 0.00634. The first-order valence-corrected chi connectivity index (χ1v) is 14.7. The van der Waals surface area contributed by atoms with Crippen LogP contribution in [0.15, 0.2) is 65.8 Å². The Morgan fingerprint density at radius 2 is 1.33 bits per heavy atom. The Labute approximate surface area is 262 Å². The van der Waals surface area contributed by atoms with Crippen molar-refractivity contribution in [3.8, 4) is 0 Å². The van der Waals surface area contributed by atoms with E-state index >= 15 is 0 Å². The third kappa shape index (κ3) is 16.7. The van der Waals surface area contributed by atoms with E-state index < -0.39 is 42.0 Å². The fraction of sp³-hybridized carbons (Fsp3) is 0.469. The molecule has 45 heavy (non-hydrogen) atoms. The lowest BCUT2D eigenvalue weighted by molar-refractivity contribution is -0.150. The molecule has 0 saturated heterocycles. The Kier molecular flexibility index (Phi) is 17.9. The van der Waals surface area contributed by atoms with Crippen LogP contribution in [-0.2, 0) is 56.1 Å². The summed E-state index contributed by atoms with van der Waals surface area (Å²) in [6.45, 7) is 2.56. The molecule has 13 heteroatoms. The number of carbonyl (C=O) groups excluding carboxylic acids is 5. The molecule has 0 saturated carbocycles. The maximum absolute atomic E-state index is 13.3. The number of ether oxygens (including phenoxy) is 4. The predicted molar refractivity (Wildman–Crippen MR) is 162 cm³/mol. The third-order valence-corrected chi connectivity index (χ3v) is 6.36. The third-order valence-electron chi connectivity index (χ3n) is 6.36. The van der Waals surface area contributed by atoms with Gasteiger partial charge in [-0.1, -0.05) is 65.8 Å². The second kappa shape index (κ2) is 22.0. The molecule has 0 aliphatic carbocycles. The van der Waals surface area contributed by atoms with Gasteiger partial charge in [0.15, 0.2) is 5.78 Å². The first-order valence-electron chi connectivity index (χ1n) is 14.7. The van der Waals surface area contributed by atoms with E-state index in [1.807, 2.05) is 12.1 Å². The first kappa shape index (κ1) is 36.6. The van der Waals surface area contributed by atoms with Crippen molar-refractivity contribution in [3.05, 3.63) is 82.2 Å². The quantitative estimate of drug-likeness (QED) is 0.0627. The Morgan fingerprint density at radius 1 is 0.778 bits per heavy atom. The second-order valence-electron chi connectivity index (χ2n) is 10.1. The van der Waals surface area contributed by atoms with Crippen LogP contribution < -0.4 is 5.32 Å². The number of carbonyl (C=O) groups is 5. The fourth-order valence-corrected chi connectivity index (χ4v) is 4.10. The molecular formula is C32H40N4O9. The number of hydrogen-bond acceptors (Lipinski definition) is 10. The summed E-state index contributed by atoms with van der Waals surface area (Å²) in [5, 5.41) is 5.93. The SMILES string of the molecule is CC(=O)C[C@@H](CC(=O)OCc1ccccc1)C(=O)N[C@H](CC(=O)OCc1ccccc1)C(=O)CCCOCCOCCN=[N+]=[N-]. The van der Waals surface area contributed by atoms with Crippen LogP contribution in [0.5, 0.6) is 0 Å². The number of ketones is 2. The van der Waals surface area contributed by atoms with Gasteiger partial charge in [0.25, 0.3) is 0 Å². The highest BCUT2D eigenvalue weighted by atomic mass is 16.5. The van der Waals surface area contributed by atoms with Gasteiger partial charge in [0, 0.05) is 30.9 Å². The van der Waals surface area contributed by atoms with E-state index in [4.69, 9.17) is 24.5 Å². The zero-order chi connectivity index (χ0) is 32.7. The van der Waals surface area contributed by atoms with Crippen molar-refractivity contribution in [2.24, 2.45) is 11.0 Å². The molecule has 0 radical (unpaired) electrons. The molecule has 0 spiro atoms. The van der Waals surface area contributed by atoms with E-state index in [0.29, 0.717) is 6.42 Å². The van der Waals surface area contributed by atoms with Gasteiger partial charge in [-0.3, -0.25) is 19.2 Å². The lowest BCUT2D eigenvalue weighted by Gasteiger charge is -2.21. The molecule has 0 aromatic heterocycles. The van der Waals surface area contributed by atoms with Crippen molar-refractivity contribution in [1.82, 2.24) is 5.32 Å². The Bertz CT molecular complexity index is 1270. The predicted octanol–water partition coefficient (Wildman–Crippen LogP) is 4.03. The highest BCUT2D eigenvalue weighted by molar-refractivity contribution is 5.95. The van der Waals surface area contributed by atoms with Crippen LogP contribution in [0.25, 0.3) is 10.4 Å². The lowest BCUT2D eigenvalue weighted by Crippen LogP contribution is -2.46. The summed E-state index contributed by atoms with van der Waals surface area (Å²) in [5.74, 6) is -3.94. The van der Waals surface area contributed by atoms with E-state index in [0.717, 1.165) is 11.1 Å². The van der Waals surface area contributed by atoms with E-state index in [-0.39, 0.29) is 71.2 Å². The number of nitrogens with one attached hydrogen (secondary N) is 1. The summed E-state index contributed by atoms with van der Waals surface area (Å²) in [6.07, 6.45) is -0.750. The normalized spacial score (nSPS) is 11.8. The van der Waals surface area contributed by atoms with Crippen LogP contribution in [0.4, 0.5) is 0 Å². The van der Waals surface area contributed by atoms with Crippen molar-refractivity contribution in [2.45, 2.75) is 58.3 Å². The number of azide groups is 1. The summed E-state index contributed by atoms with van der Waals surface area (Å²) in [6, 6.07) is 16.8. The molecular weight excluding hydrogens is 584 g/mol. The van der Waals surface area contributed by atoms with Gasteiger partial charge in [0.2, 0.25) is 5.91 Å². The van der Waals surface area contributed by atoms with Crippen molar-refractivity contribution >= 4 is 29.4 Å². The van der Waals surface area contributed by atoms with Gasteiger partial charge in [-0.15, -0.1) is 0 Å². The highest BCUT2D eigenvalue weighted by Gasteiger charge is 2.30. The molecule has 1 N–H and O–H groups in total. The number of benzene rings is 2. The molecule has 2 rings (SSSR count). The molecule has 0 aliphatic heterocycles. The lowest BCUT2D eigenvalue weighted by atomic mass is 9.96. The molecule has 0 bridgehead atoms. The molecule has 0 fully saturated rings. The fourth-order valence-electron chi connectivity index (χ4n) is 4.10. The van der Waals surface area contributed by atoms with Crippen LogP contribution in [0.1, 0.15) is 50.2 Å². The molecule has 0 heterocycles. The van der Waals surface area contributed by atoms with Crippen LogP contribution in [0.2, 0.25) is 0 Å². The average Bonchev–Trinajstić information content (AvgIpc) is 3.03. The van der Waals surface area contributed by atoms with Crippen molar-refractivity contribution in [2.75, 3.05) is 33.0 Å². The van der Waals surface area contributed by atoms with Crippen LogP contribution in [0, 0.1) is 5.92 Å². The molecule has 2 aromatic carbocycles. The van der Waals surface area contributed by atoms with Crippen molar-refractivity contribution < 1.29 is 42.9 Å². The minimum atomic E-state index is -1.24. The largest absolute Gasteiger partial charge is 0.461 e. The van der Waals surface area contributed by atoms with E-state index in [1.165, 1.54) is 6.92 Å². The molecule has 0 aliphatic rings. The number of rotatable bonds is 23. The van der Waals surface area contributed by atoms with Gasteiger partial charge in [-0.2, -0.15) is 0 Å². The van der Waals surface area contributed by atoms with Crippen molar-refractivity contribution in [1.29, 1.82) is 0 Å². The van der Waals surface area contributed by atoms with E-state index in [9.17, 15) is 24.0 Å².